The fourth-order valence-electron chi connectivity index (χ4n) is 2.17. The van der Waals surface area contributed by atoms with E-state index >= 15 is 0 Å². The van der Waals surface area contributed by atoms with Gasteiger partial charge in [0.1, 0.15) is 0 Å². The predicted octanol–water partition coefficient (Wildman–Crippen LogP) is 0.655. The van der Waals surface area contributed by atoms with Crippen molar-refractivity contribution in [1.82, 2.24) is 13.9 Å². The molecule has 22 heavy (non-hydrogen) atoms. The first-order valence-corrected chi connectivity index (χ1v) is 8.87. The van der Waals surface area contributed by atoms with E-state index in [1.54, 1.807) is 34.0 Å². The van der Waals surface area contributed by atoms with Crippen molar-refractivity contribution < 1.29 is 8.42 Å². The number of aromatic nitrogens is 2. The highest BCUT2D eigenvalue weighted by Crippen LogP contribution is 2.28. The molecule has 2 rings (SSSR count). The predicted molar refractivity (Wildman–Crippen MR) is 89.3 cm³/mol. The zero-order chi connectivity index (χ0) is 16.9. The second-order valence-electron chi connectivity index (χ2n) is 5.87. The minimum atomic E-state index is -3.77. The molecular formula is C13H19BrN4O3S. The molecule has 0 bridgehead atoms. The number of hydrogen-bond acceptors (Lipinski definition) is 4. The minimum Gasteiger partial charge on any atom is -0.329 e. The first kappa shape index (κ1) is 17.2. The van der Waals surface area contributed by atoms with Crippen LogP contribution in [-0.2, 0) is 24.1 Å². The molecule has 7 nitrogen and oxygen atoms in total. The second kappa shape index (κ2) is 5.48. The minimum absolute atomic E-state index is 0.0720. The molecular weight excluding hydrogens is 372 g/mol. The summed E-state index contributed by atoms with van der Waals surface area (Å²) >= 11 is 3.28. The number of hydrogen-bond donors (Lipinski definition) is 2. The Labute approximate surface area is 137 Å². The number of nitrogens with zero attached hydrogens (tertiary/aromatic N) is 2. The lowest BCUT2D eigenvalue weighted by molar-refractivity contribution is 0.462. The van der Waals surface area contributed by atoms with Gasteiger partial charge in [-0.15, -0.1) is 0 Å². The Kier molecular flexibility index (Phi) is 4.29. The van der Waals surface area contributed by atoms with E-state index in [0.29, 0.717) is 15.5 Å². The molecule has 0 radical (unpaired) electrons. The molecule has 0 spiro atoms. The molecule has 0 saturated heterocycles. The van der Waals surface area contributed by atoms with Gasteiger partial charge in [0.25, 0.3) is 0 Å². The maximum Gasteiger partial charge on any atom is 0.328 e. The van der Waals surface area contributed by atoms with Gasteiger partial charge in [-0.1, -0.05) is 0 Å². The van der Waals surface area contributed by atoms with E-state index in [0.717, 1.165) is 0 Å². The fraction of sp³-hybridized carbons (Fsp3) is 0.462. The highest BCUT2D eigenvalue weighted by Gasteiger charge is 2.27. The molecule has 0 saturated carbocycles. The van der Waals surface area contributed by atoms with Gasteiger partial charge in [0, 0.05) is 30.7 Å². The highest BCUT2D eigenvalue weighted by atomic mass is 79.9. The van der Waals surface area contributed by atoms with Crippen molar-refractivity contribution in [1.29, 1.82) is 0 Å². The van der Waals surface area contributed by atoms with E-state index < -0.39 is 15.6 Å². The van der Waals surface area contributed by atoms with E-state index in [1.807, 2.05) is 0 Å². The van der Waals surface area contributed by atoms with E-state index in [9.17, 15) is 13.2 Å². The normalized spacial score (nSPS) is 13.0. The first-order chi connectivity index (χ1) is 10.00. The average Bonchev–Trinajstić information content (AvgIpc) is 2.61. The van der Waals surface area contributed by atoms with Crippen molar-refractivity contribution in [3.8, 4) is 0 Å². The molecule has 1 aromatic carbocycles. The lowest BCUT2D eigenvalue weighted by Gasteiger charge is -2.24. The third kappa shape index (κ3) is 2.85. The molecule has 1 aromatic heterocycles. The molecule has 2 aromatic rings. The second-order valence-corrected chi connectivity index (χ2v) is 8.37. The van der Waals surface area contributed by atoms with Crippen molar-refractivity contribution in [2.45, 2.75) is 24.3 Å². The summed E-state index contributed by atoms with van der Waals surface area (Å²) in [4.78, 5) is 12.0. The molecule has 0 aliphatic rings. The third-order valence-corrected chi connectivity index (χ3v) is 6.19. The van der Waals surface area contributed by atoms with Crippen LogP contribution in [0.25, 0.3) is 11.0 Å². The largest absolute Gasteiger partial charge is 0.329 e. The van der Waals surface area contributed by atoms with Gasteiger partial charge in [-0.25, -0.2) is 17.9 Å². The topological polar surface area (TPSA) is 99.1 Å². The number of imidazole rings is 1. The lowest BCUT2D eigenvalue weighted by Crippen LogP contribution is -2.48. The Morgan fingerprint density at radius 1 is 1.23 bits per heavy atom. The van der Waals surface area contributed by atoms with Gasteiger partial charge in [-0.2, -0.15) is 0 Å². The van der Waals surface area contributed by atoms with Crippen LogP contribution < -0.4 is 16.1 Å². The quantitative estimate of drug-likeness (QED) is 0.800. The van der Waals surface area contributed by atoms with E-state index in [2.05, 4.69) is 20.7 Å². The van der Waals surface area contributed by atoms with Gasteiger partial charge in [-0.05, 0) is 41.9 Å². The molecule has 0 aliphatic carbocycles. The van der Waals surface area contributed by atoms with Crippen molar-refractivity contribution in [3.63, 3.8) is 0 Å². The van der Waals surface area contributed by atoms with Crippen molar-refractivity contribution in [2.24, 2.45) is 19.8 Å². The molecule has 0 atom stereocenters. The number of rotatable bonds is 4. The molecule has 0 aliphatic heterocycles. The molecule has 0 unspecified atom stereocenters. The standard InChI is InChI=1S/C13H19BrN4O3S/c1-13(2,7-15)16-22(20,21)11-6-10-9(5-8(11)14)17(3)12(19)18(10)4/h5-6,16H,7,15H2,1-4H3. The summed E-state index contributed by atoms with van der Waals surface area (Å²) < 4.78 is 31.0. The summed E-state index contributed by atoms with van der Waals surface area (Å²) in [7, 11) is -0.531. The van der Waals surface area contributed by atoms with E-state index in [4.69, 9.17) is 5.73 Å². The Hall–Kier alpha value is -1.16. The van der Waals surface area contributed by atoms with Crippen LogP contribution in [0.5, 0.6) is 0 Å². The van der Waals surface area contributed by atoms with Crippen LogP contribution in [0.15, 0.2) is 26.3 Å². The van der Waals surface area contributed by atoms with Crippen LogP contribution in [0, 0.1) is 0 Å². The summed E-state index contributed by atoms with van der Waals surface area (Å²) in [5.74, 6) is 0. The zero-order valence-electron chi connectivity index (χ0n) is 12.8. The number of sulfonamides is 1. The Morgan fingerprint density at radius 3 is 2.23 bits per heavy atom. The number of nitrogens with one attached hydrogen (secondary N) is 1. The first-order valence-electron chi connectivity index (χ1n) is 6.59. The van der Waals surface area contributed by atoms with Crippen molar-refractivity contribution in [3.05, 3.63) is 27.1 Å². The van der Waals surface area contributed by atoms with Gasteiger partial charge in [-0.3, -0.25) is 9.13 Å². The monoisotopic (exact) mass is 390 g/mol. The van der Waals surface area contributed by atoms with Crippen LogP contribution in [0.4, 0.5) is 0 Å². The number of halogens is 1. The summed E-state index contributed by atoms with van der Waals surface area (Å²) in [5, 5.41) is 0. The number of fused-ring (bicyclic) bond motifs is 1. The molecule has 9 heteroatoms. The van der Waals surface area contributed by atoms with Crippen molar-refractivity contribution in [2.75, 3.05) is 6.54 Å². The lowest BCUT2D eigenvalue weighted by atomic mass is 10.1. The summed E-state index contributed by atoms with van der Waals surface area (Å²) in [5.41, 5.74) is 5.79. The number of benzene rings is 1. The Morgan fingerprint density at radius 2 is 1.73 bits per heavy atom. The zero-order valence-corrected chi connectivity index (χ0v) is 15.2. The smallest absolute Gasteiger partial charge is 0.328 e. The van der Waals surface area contributed by atoms with Crippen molar-refractivity contribution >= 4 is 37.0 Å². The van der Waals surface area contributed by atoms with Gasteiger partial charge in [0.05, 0.1) is 15.9 Å². The maximum absolute atomic E-state index is 12.6. The van der Waals surface area contributed by atoms with Crippen LogP contribution in [-0.4, -0.2) is 29.6 Å². The molecule has 122 valence electrons. The number of aryl methyl sites for hydroxylation is 2. The third-order valence-electron chi connectivity index (χ3n) is 3.54. The molecule has 0 fully saturated rings. The van der Waals surface area contributed by atoms with Gasteiger partial charge < -0.3 is 5.73 Å². The summed E-state index contributed by atoms with van der Waals surface area (Å²) in [6, 6.07) is 3.11. The molecule has 0 amide bonds. The van der Waals surface area contributed by atoms with E-state index in [-0.39, 0.29) is 17.1 Å². The Balaban J connectivity index is 2.69. The van der Waals surface area contributed by atoms with Gasteiger partial charge >= 0.3 is 5.69 Å². The van der Waals surface area contributed by atoms with Crippen LogP contribution >= 0.6 is 15.9 Å². The molecule has 1 heterocycles. The number of nitrogens with two attached hydrogens (primary N) is 1. The SMILES string of the molecule is Cn1c(=O)n(C)c2cc(S(=O)(=O)NC(C)(C)CN)c(Br)cc21. The Bertz CT molecular complexity index is 896. The van der Waals surface area contributed by atoms with Crippen LogP contribution in [0.1, 0.15) is 13.8 Å². The van der Waals surface area contributed by atoms with Gasteiger partial charge in [0.2, 0.25) is 10.0 Å². The van der Waals surface area contributed by atoms with Crippen LogP contribution in [0.2, 0.25) is 0 Å². The maximum atomic E-state index is 12.6. The van der Waals surface area contributed by atoms with E-state index in [1.165, 1.54) is 15.2 Å². The van der Waals surface area contributed by atoms with Gasteiger partial charge in [0.15, 0.2) is 0 Å². The highest BCUT2D eigenvalue weighted by molar-refractivity contribution is 9.10. The van der Waals surface area contributed by atoms with Crippen LogP contribution in [0.3, 0.4) is 0 Å². The molecule has 3 N–H and O–H groups in total. The average molecular weight is 391 g/mol. The summed E-state index contributed by atoms with van der Waals surface area (Å²) in [6.45, 7) is 3.57. The summed E-state index contributed by atoms with van der Waals surface area (Å²) in [6.07, 6.45) is 0. The fourth-order valence-corrected chi connectivity index (χ4v) is 4.64.